The smallest absolute Gasteiger partial charge is 0.417 e. The van der Waals surface area contributed by atoms with Crippen molar-refractivity contribution in [3.05, 3.63) is 35.7 Å². The van der Waals surface area contributed by atoms with Crippen LogP contribution < -0.4 is 5.32 Å². The van der Waals surface area contributed by atoms with Gasteiger partial charge in [0.05, 0.1) is 11.3 Å². The van der Waals surface area contributed by atoms with E-state index in [0.29, 0.717) is 36.3 Å². The highest BCUT2D eigenvalue weighted by Gasteiger charge is 2.43. The molecule has 1 saturated carbocycles. The summed E-state index contributed by atoms with van der Waals surface area (Å²) >= 11 is 0. The maximum atomic E-state index is 13.3. The van der Waals surface area contributed by atoms with E-state index in [1.165, 1.54) is 0 Å². The standard InChI is InChI=1S/C23H28F3N5O2/c1-13-7-19(17-10-27-6-5-18(17)23(24,25)26)29-30-20(13)28-16-8-14-11-31(12-15(14)9-16)21(32)33-22(2,3)4/h5-7,10,14-16H,8-9,11-12H2,1-4H3,(H,28,30)/t14-,15?,16+/m1/s1. The van der Waals surface area contributed by atoms with Crippen LogP contribution in [0.5, 0.6) is 0 Å². The summed E-state index contributed by atoms with van der Waals surface area (Å²) in [6.45, 7) is 8.70. The Labute approximate surface area is 190 Å². The summed E-state index contributed by atoms with van der Waals surface area (Å²) in [5, 5.41) is 11.6. The molecular weight excluding hydrogens is 435 g/mol. The molecule has 1 N–H and O–H groups in total. The monoisotopic (exact) mass is 463 g/mol. The summed E-state index contributed by atoms with van der Waals surface area (Å²) in [4.78, 5) is 17.9. The number of nitrogens with zero attached hydrogens (tertiary/aromatic N) is 4. The number of pyridine rings is 1. The quantitative estimate of drug-likeness (QED) is 0.696. The van der Waals surface area contributed by atoms with Gasteiger partial charge in [-0.3, -0.25) is 4.98 Å². The lowest BCUT2D eigenvalue weighted by Crippen LogP contribution is -2.36. The van der Waals surface area contributed by atoms with E-state index in [0.717, 1.165) is 31.3 Å². The van der Waals surface area contributed by atoms with Crippen molar-refractivity contribution < 1.29 is 22.7 Å². The molecule has 4 rings (SSSR count). The van der Waals surface area contributed by atoms with Gasteiger partial charge in [-0.15, -0.1) is 10.2 Å². The number of alkyl halides is 3. The Kier molecular flexibility index (Phi) is 5.96. The number of hydrogen-bond acceptors (Lipinski definition) is 6. The molecule has 0 radical (unpaired) electrons. The number of aryl methyl sites for hydroxylation is 1. The Morgan fingerprint density at radius 1 is 1.15 bits per heavy atom. The summed E-state index contributed by atoms with van der Waals surface area (Å²) < 4.78 is 45.5. The van der Waals surface area contributed by atoms with Crippen molar-refractivity contribution >= 4 is 11.9 Å². The molecule has 0 aromatic carbocycles. The highest BCUT2D eigenvalue weighted by molar-refractivity contribution is 5.68. The Hall–Kier alpha value is -2.91. The van der Waals surface area contributed by atoms with Gasteiger partial charge in [-0.1, -0.05) is 0 Å². The van der Waals surface area contributed by atoms with Gasteiger partial charge in [-0.2, -0.15) is 13.2 Å². The normalized spacial score (nSPS) is 22.9. The zero-order valence-corrected chi connectivity index (χ0v) is 19.1. The summed E-state index contributed by atoms with van der Waals surface area (Å²) in [5.41, 5.74) is -0.549. The molecule has 3 atom stereocenters. The topological polar surface area (TPSA) is 80.2 Å². The number of carbonyl (C=O) groups excluding carboxylic acids is 1. The third-order valence-electron chi connectivity index (χ3n) is 6.13. The Bertz CT molecular complexity index is 1020. The fourth-order valence-electron chi connectivity index (χ4n) is 4.69. The average Bonchev–Trinajstić information content (AvgIpc) is 3.26. The molecule has 10 heteroatoms. The molecule has 2 aromatic heterocycles. The average molecular weight is 464 g/mol. The zero-order valence-electron chi connectivity index (χ0n) is 19.1. The third kappa shape index (κ3) is 5.20. The van der Waals surface area contributed by atoms with Crippen LogP contribution in [0.15, 0.2) is 24.5 Å². The second kappa shape index (κ2) is 8.46. The van der Waals surface area contributed by atoms with Crippen LogP contribution in [0.2, 0.25) is 0 Å². The highest BCUT2D eigenvalue weighted by Crippen LogP contribution is 2.40. The number of likely N-dealkylation sites (tertiary alicyclic amines) is 1. The molecule has 2 aliphatic rings. The fourth-order valence-corrected chi connectivity index (χ4v) is 4.69. The van der Waals surface area contributed by atoms with Crippen LogP contribution in [0.25, 0.3) is 11.3 Å². The van der Waals surface area contributed by atoms with Crippen LogP contribution in [0.1, 0.15) is 44.7 Å². The Balaban J connectivity index is 1.40. The van der Waals surface area contributed by atoms with Crippen LogP contribution in [0, 0.1) is 18.8 Å². The lowest BCUT2D eigenvalue weighted by Gasteiger charge is -2.25. The maximum absolute atomic E-state index is 13.3. The van der Waals surface area contributed by atoms with E-state index in [-0.39, 0.29) is 23.4 Å². The molecule has 1 aliphatic heterocycles. The lowest BCUT2D eigenvalue weighted by atomic mass is 10.0. The predicted molar refractivity (Wildman–Crippen MR) is 116 cm³/mol. The molecule has 1 unspecified atom stereocenters. The molecule has 3 heterocycles. The lowest BCUT2D eigenvalue weighted by molar-refractivity contribution is -0.137. The SMILES string of the molecule is Cc1cc(-c2cnccc2C(F)(F)F)nnc1N[C@@H]1CC2CN(C(=O)OC(C)(C)C)C[C@H]2C1. The summed E-state index contributed by atoms with van der Waals surface area (Å²) in [7, 11) is 0. The molecular formula is C23H28F3N5O2. The number of aromatic nitrogens is 3. The van der Waals surface area contributed by atoms with Gasteiger partial charge in [-0.25, -0.2) is 4.79 Å². The second-order valence-corrected chi connectivity index (χ2v) is 9.90. The summed E-state index contributed by atoms with van der Waals surface area (Å²) in [6, 6.07) is 2.71. The summed E-state index contributed by atoms with van der Waals surface area (Å²) in [6.07, 6.45) is -0.731. The van der Waals surface area contributed by atoms with Crippen molar-refractivity contribution in [3.8, 4) is 11.3 Å². The zero-order chi connectivity index (χ0) is 24.0. The number of fused-ring (bicyclic) bond motifs is 1. The van der Waals surface area contributed by atoms with Gasteiger partial charge in [0.15, 0.2) is 5.82 Å². The van der Waals surface area contributed by atoms with Crippen LogP contribution >= 0.6 is 0 Å². The molecule has 33 heavy (non-hydrogen) atoms. The minimum absolute atomic E-state index is 0.0928. The van der Waals surface area contributed by atoms with Crippen LogP contribution in [0.3, 0.4) is 0 Å². The molecule has 1 aliphatic carbocycles. The first-order valence-corrected chi connectivity index (χ1v) is 11.0. The molecule has 0 bridgehead atoms. The number of ether oxygens (including phenoxy) is 1. The third-order valence-corrected chi connectivity index (χ3v) is 6.13. The molecule has 7 nitrogen and oxygen atoms in total. The van der Waals surface area contributed by atoms with Crippen molar-refractivity contribution in [1.29, 1.82) is 0 Å². The van der Waals surface area contributed by atoms with Gasteiger partial charge in [0.2, 0.25) is 0 Å². The highest BCUT2D eigenvalue weighted by atomic mass is 19.4. The van der Waals surface area contributed by atoms with E-state index in [4.69, 9.17) is 4.74 Å². The van der Waals surface area contributed by atoms with Crippen molar-refractivity contribution in [3.63, 3.8) is 0 Å². The molecule has 2 aromatic rings. The number of halogens is 3. The fraction of sp³-hybridized carbons (Fsp3) is 0.565. The van der Waals surface area contributed by atoms with Crippen molar-refractivity contribution in [2.24, 2.45) is 11.8 Å². The number of amides is 1. The van der Waals surface area contributed by atoms with E-state index >= 15 is 0 Å². The van der Waals surface area contributed by atoms with Gasteiger partial charge in [0.1, 0.15) is 5.60 Å². The summed E-state index contributed by atoms with van der Waals surface area (Å²) in [5.74, 6) is 1.32. The van der Waals surface area contributed by atoms with Crippen molar-refractivity contribution in [1.82, 2.24) is 20.1 Å². The largest absolute Gasteiger partial charge is 0.444 e. The number of anilines is 1. The van der Waals surface area contributed by atoms with Gasteiger partial charge in [0, 0.05) is 37.1 Å². The Morgan fingerprint density at radius 3 is 2.39 bits per heavy atom. The Morgan fingerprint density at radius 2 is 1.82 bits per heavy atom. The molecule has 1 saturated heterocycles. The van der Waals surface area contributed by atoms with Crippen LogP contribution in [-0.4, -0.2) is 50.9 Å². The van der Waals surface area contributed by atoms with Gasteiger partial charge in [-0.05, 0) is 70.1 Å². The van der Waals surface area contributed by atoms with Crippen LogP contribution in [0.4, 0.5) is 23.8 Å². The molecule has 1 amide bonds. The number of nitrogens with one attached hydrogen (secondary N) is 1. The number of hydrogen-bond donors (Lipinski definition) is 1. The minimum atomic E-state index is -4.50. The van der Waals surface area contributed by atoms with Crippen molar-refractivity contribution in [2.75, 3.05) is 18.4 Å². The maximum Gasteiger partial charge on any atom is 0.417 e. The number of rotatable bonds is 3. The van der Waals surface area contributed by atoms with E-state index < -0.39 is 17.3 Å². The molecule has 178 valence electrons. The molecule has 0 spiro atoms. The van der Waals surface area contributed by atoms with Gasteiger partial charge >= 0.3 is 12.3 Å². The van der Waals surface area contributed by atoms with E-state index in [9.17, 15) is 18.0 Å². The second-order valence-electron chi connectivity index (χ2n) is 9.90. The van der Waals surface area contributed by atoms with Gasteiger partial charge in [0.25, 0.3) is 0 Å². The van der Waals surface area contributed by atoms with E-state index in [2.05, 4.69) is 20.5 Å². The number of carbonyl (C=O) groups is 1. The van der Waals surface area contributed by atoms with Gasteiger partial charge < -0.3 is 15.0 Å². The predicted octanol–water partition coefficient (Wildman–Crippen LogP) is 4.92. The minimum Gasteiger partial charge on any atom is -0.444 e. The first-order chi connectivity index (χ1) is 15.4. The van der Waals surface area contributed by atoms with Crippen molar-refractivity contribution in [2.45, 2.75) is 58.4 Å². The molecule has 2 fully saturated rings. The first-order valence-electron chi connectivity index (χ1n) is 11.0. The van der Waals surface area contributed by atoms with Crippen LogP contribution in [-0.2, 0) is 10.9 Å². The van der Waals surface area contributed by atoms with E-state index in [1.54, 1.807) is 17.9 Å². The van der Waals surface area contributed by atoms with E-state index in [1.807, 2.05) is 20.8 Å². The first kappa shape index (κ1) is 23.3.